The van der Waals surface area contributed by atoms with Crippen molar-refractivity contribution < 1.29 is 33.3 Å². The van der Waals surface area contributed by atoms with Crippen molar-refractivity contribution in [3.63, 3.8) is 0 Å². The summed E-state index contributed by atoms with van der Waals surface area (Å²) in [7, 11) is 0. The van der Waals surface area contributed by atoms with E-state index in [9.17, 15) is 14.3 Å². The van der Waals surface area contributed by atoms with Gasteiger partial charge in [0.2, 0.25) is 5.95 Å². The number of hydrogen-bond acceptors (Lipinski definition) is 10. The molecule has 0 aliphatic carbocycles. The average Bonchev–Trinajstić information content (AvgIpc) is 3.32. The number of nitrogens with zero attached hydrogens (tertiary/aromatic N) is 2. The Kier molecular flexibility index (Phi) is 6.52. The van der Waals surface area contributed by atoms with E-state index in [1.807, 2.05) is 0 Å². The van der Waals surface area contributed by atoms with Gasteiger partial charge >= 0.3 is 0 Å². The largest absolute Gasteiger partial charge is 0.486 e. The summed E-state index contributed by atoms with van der Waals surface area (Å²) in [5.41, 5.74) is 1.62. The van der Waals surface area contributed by atoms with E-state index in [1.165, 1.54) is 0 Å². The van der Waals surface area contributed by atoms with Crippen molar-refractivity contribution in [3.8, 4) is 11.5 Å². The maximum Gasteiger partial charge on any atom is 0.287 e. The van der Waals surface area contributed by atoms with Gasteiger partial charge < -0.3 is 40.1 Å². The second-order valence-electron chi connectivity index (χ2n) is 7.91. The first-order valence-corrected chi connectivity index (χ1v) is 11.1. The van der Waals surface area contributed by atoms with Gasteiger partial charge in [0.25, 0.3) is 5.91 Å². The zero-order valence-corrected chi connectivity index (χ0v) is 18.8. The summed E-state index contributed by atoms with van der Waals surface area (Å²) in [4.78, 5) is 20.4. The van der Waals surface area contributed by atoms with Crippen LogP contribution in [0.3, 0.4) is 0 Å². The number of anilines is 4. The highest BCUT2D eigenvalue weighted by molar-refractivity contribution is 5.96. The summed E-state index contributed by atoms with van der Waals surface area (Å²) >= 11 is 0. The van der Waals surface area contributed by atoms with E-state index in [4.69, 9.17) is 19.0 Å². The molecule has 0 radical (unpaired) electrons. The highest BCUT2D eigenvalue weighted by Gasteiger charge is 2.16. The first-order chi connectivity index (χ1) is 17.5. The number of aliphatic hydroxyl groups excluding tert-OH is 2. The quantitative estimate of drug-likeness (QED) is 0.247. The molecule has 2 aromatic heterocycles. The number of hydrogen-bond donors (Lipinski definition) is 5. The van der Waals surface area contributed by atoms with Crippen molar-refractivity contribution in [1.82, 2.24) is 15.3 Å². The van der Waals surface area contributed by atoms with Crippen LogP contribution in [0.15, 0.2) is 53.1 Å². The topological polar surface area (TPSA) is 151 Å². The first kappa shape index (κ1) is 23.3. The van der Waals surface area contributed by atoms with Gasteiger partial charge in [0.15, 0.2) is 28.9 Å². The SMILES string of the molecule is O=C(NCC(O)CO)c1cc2cc(Nc3ncc(F)c(Nc4ccc5c(c4)OCCO5)n3)ccc2o1. The summed E-state index contributed by atoms with van der Waals surface area (Å²) < 4.78 is 31.0. The van der Waals surface area contributed by atoms with Crippen LogP contribution in [-0.4, -0.2) is 58.6 Å². The lowest BCUT2D eigenvalue weighted by atomic mass is 10.2. The molecule has 1 amide bonds. The normalized spacial score (nSPS) is 13.3. The molecule has 0 fully saturated rings. The number of carbonyl (C=O) groups is 1. The van der Waals surface area contributed by atoms with Crippen LogP contribution < -0.4 is 25.4 Å². The van der Waals surface area contributed by atoms with Gasteiger partial charge in [0.05, 0.1) is 18.9 Å². The Hall–Kier alpha value is -4.42. The van der Waals surface area contributed by atoms with Gasteiger partial charge in [0, 0.05) is 29.4 Å². The number of nitrogens with one attached hydrogen (secondary N) is 3. The average molecular weight is 495 g/mol. The Morgan fingerprint density at radius 3 is 2.67 bits per heavy atom. The van der Waals surface area contributed by atoms with Crippen molar-refractivity contribution in [2.45, 2.75) is 6.10 Å². The van der Waals surface area contributed by atoms with Gasteiger partial charge in [-0.05, 0) is 36.4 Å². The maximum atomic E-state index is 14.4. The number of rotatable bonds is 8. The van der Waals surface area contributed by atoms with Crippen molar-refractivity contribution in [2.75, 3.05) is 37.0 Å². The lowest BCUT2D eigenvalue weighted by Gasteiger charge is -2.19. The molecule has 2 aromatic carbocycles. The van der Waals surface area contributed by atoms with Crippen LogP contribution in [0.25, 0.3) is 11.0 Å². The van der Waals surface area contributed by atoms with E-state index in [-0.39, 0.29) is 24.1 Å². The fraction of sp³-hybridized carbons (Fsp3) is 0.208. The van der Waals surface area contributed by atoms with Gasteiger partial charge in [-0.1, -0.05) is 0 Å². The Bertz CT molecular complexity index is 1410. The number of amides is 1. The van der Waals surface area contributed by atoms with E-state index in [0.717, 1.165) is 6.20 Å². The molecule has 3 heterocycles. The molecular formula is C24H22FN5O6. The van der Waals surface area contributed by atoms with Crippen molar-refractivity contribution in [1.29, 1.82) is 0 Å². The Labute approximate surface area is 203 Å². The monoisotopic (exact) mass is 495 g/mol. The van der Waals surface area contributed by atoms with Crippen LogP contribution in [0.4, 0.5) is 27.5 Å². The predicted molar refractivity (Wildman–Crippen MR) is 128 cm³/mol. The summed E-state index contributed by atoms with van der Waals surface area (Å²) in [6.07, 6.45) is -0.00575. The Morgan fingerprint density at radius 1 is 1.06 bits per heavy atom. The zero-order valence-electron chi connectivity index (χ0n) is 18.8. The third-order valence-electron chi connectivity index (χ3n) is 5.25. The van der Waals surface area contributed by atoms with Crippen LogP contribution in [0.1, 0.15) is 10.6 Å². The minimum Gasteiger partial charge on any atom is -0.486 e. The highest BCUT2D eigenvalue weighted by Crippen LogP contribution is 2.34. The number of furan rings is 1. The number of benzene rings is 2. The zero-order chi connectivity index (χ0) is 25.1. The third kappa shape index (κ3) is 5.14. The molecule has 4 aromatic rings. The van der Waals surface area contributed by atoms with E-state index in [2.05, 4.69) is 25.9 Å². The molecule has 0 saturated heterocycles. The molecule has 11 nitrogen and oxygen atoms in total. The summed E-state index contributed by atoms with van der Waals surface area (Å²) in [6, 6.07) is 11.8. The van der Waals surface area contributed by atoms with E-state index >= 15 is 0 Å². The van der Waals surface area contributed by atoms with E-state index < -0.39 is 24.4 Å². The lowest BCUT2D eigenvalue weighted by Crippen LogP contribution is -2.33. The third-order valence-corrected chi connectivity index (χ3v) is 5.25. The lowest BCUT2D eigenvalue weighted by molar-refractivity contribution is 0.0785. The molecule has 1 unspecified atom stereocenters. The molecule has 5 N–H and O–H groups in total. The molecular weight excluding hydrogens is 473 g/mol. The number of aromatic nitrogens is 2. The summed E-state index contributed by atoms with van der Waals surface area (Å²) in [5.74, 6) is 0.192. The molecule has 186 valence electrons. The van der Waals surface area contributed by atoms with Crippen molar-refractivity contribution in [2.24, 2.45) is 0 Å². The van der Waals surface area contributed by atoms with E-state index in [1.54, 1.807) is 42.5 Å². The standard InChI is InChI=1S/C24H22FN5O6/c25-17-11-27-24(30-22(17)28-15-2-4-19-20(9-15)35-6-5-34-19)29-14-1-3-18-13(7-14)8-21(36-18)23(33)26-10-16(32)12-31/h1-4,7-9,11,16,31-32H,5-6,10,12H2,(H,26,33)(H2,27,28,29,30). The van der Waals surface area contributed by atoms with Gasteiger partial charge in [-0.15, -0.1) is 0 Å². The number of carbonyl (C=O) groups excluding carboxylic acids is 1. The predicted octanol–water partition coefficient (Wildman–Crippen LogP) is 2.70. The van der Waals surface area contributed by atoms with Crippen LogP contribution in [0.5, 0.6) is 11.5 Å². The Morgan fingerprint density at radius 2 is 1.83 bits per heavy atom. The fourth-order valence-corrected chi connectivity index (χ4v) is 3.50. The van der Waals surface area contributed by atoms with Crippen LogP contribution in [-0.2, 0) is 0 Å². The van der Waals surface area contributed by atoms with Gasteiger partial charge in [0.1, 0.15) is 18.8 Å². The molecule has 1 aliphatic heterocycles. The maximum absolute atomic E-state index is 14.4. The van der Waals surface area contributed by atoms with E-state index in [0.29, 0.717) is 47.1 Å². The van der Waals surface area contributed by atoms with Gasteiger partial charge in [-0.3, -0.25) is 4.79 Å². The molecule has 36 heavy (non-hydrogen) atoms. The van der Waals surface area contributed by atoms with Gasteiger partial charge in [-0.25, -0.2) is 9.37 Å². The van der Waals surface area contributed by atoms with Crippen LogP contribution in [0, 0.1) is 5.82 Å². The van der Waals surface area contributed by atoms with Gasteiger partial charge in [-0.2, -0.15) is 4.98 Å². The van der Waals surface area contributed by atoms with Crippen LogP contribution in [0.2, 0.25) is 0 Å². The van der Waals surface area contributed by atoms with Crippen molar-refractivity contribution >= 4 is 40.0 Å². The number of ether oxygens (including phenoxy) is 2. The summed E-state index contributed by atoms with van der Waals surface area (Å²) in [5, 5.41) is 27.3. The van der Waals surface area contributed by atoms with Crippen LogP contribution >= 0.6 is 0 Å². The number of fused-ring (bicyclic) bond motifs is 2. The highest BCUT2D eigenvalue weighted by atomic mass is 19.1. The minimum absolute atomic E-state index is 0.0300. The second kappa shape index (κ2) is 10.1. The number of aliphatic hydroxyl groups is 2. The molecule has 1 atom stereocenters. The molecule has 0 bridgehead atoms. The molecule has 1 aliphatic rings. The van der Waals surface area contributed by atoms with Crippen molar-refractivity contribution in [3.05, 3.63) is 60.2 Å². The summed E-state index contributed by atoms with van der Waals surface area (Å²) in [6.45, 7) is 0.341. The smallest absolute Gasteiger partial charge is 0.287 e. The Balaban J connectivity index is 1.30. The first-order valence-electron chi connectivity index (χ1n) is 11.1. The fourth-order valence-electron chi connectivity index (χ4n) is 3.50. The second-order valence-corrected chi connectivity index (χ2v) is 7.91. The molecule has 12 heteroatoms. The number of halogens is 1. The molecule has 0 spiro atoms. The molecule has 5 rings (SSSR count). The molecule has 0 saturated carbocycles. The minimum atomic E-state index is -1.06.